The quantitative estimate of drug-likeness (QED) is 0.478. The van der Waals surface area contributed by atoms with E-state index in [1.54, 1.807) is 12.0 Å². The molecular formula is C13H19Cl. The van der Waals surface area contributed by atoms with Crippen LogP contribution in [0, 0.1) is 23.7 Å². The third-order valence-corrected chi connectivity index (χ3v) is 4.79. The Bertz CT molecular complexity index is 224. The Balaban J connectivity index is 1.81. The van der Waals surface area contributed by atoms with Crippen LogP contribution in [0.2, 0.25) is 0 Å². The van der Waals surface area contributed by atoms with E-state index in [0.717, 1.165) is 36.0 Å². The first-order valence-corrected chi connectivity index (χ1v) is 6.66. The van der Waals surface area contributed by atoms with Crippen LogP contribution in [0.25, 0.3) is 0 Å². The summed E-state index contributed by atoms with van der Waals surface area (Å²) in [5.74, 6) is 4.91. The SMILES string of the molecule is ClCCC=C1C2CC3CC(C2)CC1C3. The van der Waals surface area contributed by atoms with Crippen molar-refractivity contribution in [2.24, 2.45) is 23.7 Å². The number of alkyl halides is 1. The highest BCUT2D eigenvalue weighted by molar-refractivity contribution is 6.17. The second-order valence-corrected chi connectivity index (χ2v) is 5.86. The van der Waals surface area contributed by atoms with Gasteiger partial charge < -0.3 is 0 Å². The molecule has 0 spiro atoms. The van der Waals surface area contributed by atoms with Gasteiger partial charge in [0, 0.05) is 5.88 Å². The Morgan fingerprint density at radius 2 is 1.57 bits per heavy atom. The molecule has 0 aromatic carbocycles. The number of hydrogen-bond acceptors (Lipinski definition) is 0. The van der Waals surface area contributed by atoms with Crippen LogP contribution in [0.4, 0.5) is 0 Å². The summed E-state index contributed by atoms with van der Waals surface area (Å²) in [5.41, 5.74) is 1.80. The molecule has 0 unspecified atom stereocenters. The normalized spacial score (nSPS) is 44.5. The van der Waals surface area contributed by atoms with Gasteiger partial charge in [0.25, 0.3) is 0 Å². The minimum absolute atomic E-state index is 0.801. The molecule has 0 aromatic heterocycles. The van der Waals surface area contributed by atoms with Gasteiger partial charge in [0.2, 0.25) is 0 Å². The molecule has 4 rings (SSSR count). The second-order valence-electron chi connectivity index (χ2n) is 5.49. The molecule has 0 aliphatic heterocycles. The van der Waals surface area contributed by atoms with Gasteiger partial charge in [-0.2, -0.15) is 0 Å². The lowest BCUT2D eigenvalue weighted by Crippen LogP contribution is -2.40. The Kier molecular flexibility index (Phi) is 2.35. The van der Waals surface area contributed by atoms with Crippen molar-refractivity contribution in [3.05, 3.63) is 11.6 Å². The largest absolute Gasteiger partial charge is 0.126 e. The number of allylic oxidation sites excluding steroid dienone is 2. The fourth-order valence-corrected chi connectivity index (χ4v) is 4.39. The van der Waals surface area contributed by atoms with E-state index in [1.165, 1.54) is 25.7 Å². The minimum Gasteiger partial charge on any atom is -0.126 e. The van der Waals surface area contributed by atoms with Crippen molar-refractivity contribution >= 4 is 11.6 Å². The van der Waals surface area contributed by atoms with Crippen LogP contribution in [-0.2, 0) is 0 Å². The van der Waals surface area contributed by atoms with Crippen molar-refractivity contribution in [3.63, 3.8) is 0 Å². The fourth-order valence-electron chi connectivity index (χ4n) is 4.28. The van der Waals surface area contributed by atoms with Crippen LogP contribution in [-0.4, -0.2) is 5.88 Å². The van der Waals surface area contributed by atoms with Gasteiger partial charge in [-0.15, -0.1) is 11.6 Å². The topological polar surface area (TPSA) is 0 Å². The molecule has 0 nitrogen and oxygen atoms in total. The van der Waals surface area contributed by atoms with Crippen molar-refractivity contribution < 1.29 is 0 Å². The average Bonchev–Trinajstić information content (AvgIpc) is 2.15. The molecule has 0 N–H and O–H groups in total. The van der Waals surface area contributed by atoms with Gasteiger partial charge >= 0.3 is 0 Å². The van der Waals surface area contributed by atoms with E-state index in [1.807, 2.05) is 0 Å². The lowest BCUT2D eigenvalue weighted by Gasteiger charge is -2.51. The van der Waals surface area contributed by atoms with Crippen molar-refractivity contribution in [2.45, 2.75) is 38.5 Å². The first-order valence-electron chi connectivity index (χ1n) is 6.12. The van der Waals surface area contributed by atoms with E-state index >= 15 is 0 Å². The highest BCUT2D eigenvalue weighted by Crippen LogP contribution is 2.56. The molecule has 14 heavy (non-hydrogen) atoms. The lowest BCUT2D eigenvalue weighted by molar-refractivity contribution is 0.0693. The summed E-state index contributed by atoms with van der Waals surface area (Å²) in [6.07, 6.45) is 11.1. The van der Waals surface area contributed by atoms with Crippen molar-refractivity contribution in [1.82, 2.24) is 0 Å². The van der Waals surface area contributed by atoms with Gasteiger partial charge in [0.05, 0.1) is 0 Å². The number of rotatable bonds is 2. The molecule has 1 heteroatoms. The smallest absolute Gasteiger partial charge is 0.0258 e. The van der Waals surface area contributed by atoms with Gasteiger partial charge in [0.1, 0.15) is 0 Å². The molecule has 4 saturated carbocycles. The van der Waals surface area contributed by atoms with Gasteiger partial charge in [0.15, 0.2) is 0 Å². The predicted molar refractivity (Wildman–Crippen MR) is 60.5 cm³/mol. The third kappa shape index (κ3) is 1.43. The zero-order valence-electron chi connectivity index (χ0n) is 8.71. The van der Waals surface area contributed by atoms with Crippen LogP contribution in [0.15, 0.2) is 11.6 Å². The van der Waals surface area contributed by atoms with E-state index < -0.39 is 0 Å². The fraction of sp³-hybridized carbons (Fsp3) is 0.846. The first kappa shape index (κ1) is 9.27. The highest BCUT2D eigenvalue weighted by atomic mass is 35.5. The number of hydrogen-bond donors (Lipinski definition) is 0. The number of halogens is 1. The maximum atomic E-state index is 5.77. The first-order chi connectivity index (χ1) is 6.86. The van der Waals surface area contributed by atoms with Crippen molar-refractivity contribution in [3.8, 4) is 0 Å². The lowest BCUT2D eigenvalue weighted by atomic mass is 9.54. The van der Waals surface area contributed by atoms with Crippen molar-refractivity contribution in [2.75, 3.05) is 5.88 Å². The summed E-state index contributed by atoms with van der Waals surface area (Å²) in [4.78, 5) is 0. The molecule has 0 heterocycles. The Labute approximate surface area is 91.7 Å². The van der Waals surface area contributed by atoms with Crippen LogP contribution < -0.4 is 0 Å². The summed E-state index contributed by atoms with van der Waals surface area (Å²) in [7, 11) is 0. The molecule has 0 saturated heterocycles. The Morgan fingerprint density at radius 1 is 1.00 bits per heavy atom. The highest BCUT2D eigenvalue weighted by Gasteiger charge is 2.44. The van der Waals surface area contributed by atoms with E-state index in [0.29, 0.717) is 0 Å². The van der Waals surface area contributed by atoms with Crippen LogP contribution in [0.5, 0.6) is 0 Å². The molecule has 4 aliphatic rings. The molecule has 0 radical (unpaired) electrons. The molecular weight excluding hydrogens is 192 g/mol. The van der Waals surface area contributed by atoms with Crippen LogP contribution >= 0.6 is 11.6 Å². The monoisotopic (exact) mass is 210 g/mol. The Hall–Kier alpha value is 0.0300. The average molecular weight is 211 g/mol. The summed E-state index contributed by atoms with van der Waals surface area (Å²) in [6, 6.07) is 0. The maximum absolute atomic E-state index is 5.77. The summed E-state index contributed by atoms with van der Waals surface area (Å²) < 4.78 is 0. The molecule has 78 valence electrons. The standard InChI is InChI=1S/C13H19Cl/c14-3-1-2-13-11-5-9-4-10(7-11)8-12(13)6-9/h2,9-12H,1,3-8H2. The minimum atomic E-state index is 0.801. The summed E-state index contributed by atoms with van der Waals surface area (Å²) in [5, 5.41) is 0. The summed E-state index contributed by atoms with van der Waals surface area (Å²) in [6.45, 7) is 0. The third-order valence-electron chi connectivity index (χ3n) is 4.57. The molecule has 0 amide bonds. The van der Waals surface area contributed by atoms with E-state index in [-0.39, 0.29) is 0 Å². The van der Waals surface area contributed by atoms with Crippen molar-refractivity contribution in [1.29, 1.82) is 0 Å². The molecule has 4 bridgehead atoms. The zero-order chi connectivity index (χ0) is 9.54. The van der Waals surface area contributed by atoms with Crippen LogP contribution in [0.3, 0.4) is 0 Å². The molecule has 0 aromatic rings. The molecule has 4 fully saturated rings. The van der Waals surface area contributed by atoms with Gasteiger partial charge in [-0.3, -0.25) is 0 Å². The maximum Gasteiger partial charge on any atom is 0.0258 e. The Morgan fingerprint density at radius 3 is 2.07 bits per heavy atom. The summed E-state index contributed by atoms with van der Waals surface area (Å²) >= 11 is 5.77. The van der Waals surface area contributed by atoms with Crippen LogP contribution in [0.1, 0.15) is 38.5 Å². The van der Waals surface area contributed by atoms with Gasteiger partial charge in [-0.1, -0.05) is 11.6 Å². The van der Waals surface area contributed by atoms with Gasteiger partial charge in [-0.25, -0.2) is 0 Å². The second kappa shape index (κ2) is 3.56. The van der Waals surface area contributed by atoms with E-state index in [9.17, 15) is 0 Å². The van der Waals surface area contributed by atoms with E-state index in [2.05, 4.69) is 6.08 Å². The predicted octanol–water partition coefficient (Wildman–Crippen LogP) is 4.00. The van der Waals surface area contributed by atoms with E-state index in [4.69, 9.17) is 11.6 Å². The zero-order valence-corrected chi connectivity index (χ0v) is 9.47. The molecule has 0 atom stereocenters. The molecule has 4 aliphatic carbocycles. The van der Waals surface area contributed by atoms with Gasteiger partial charge in [-0.05, 0) is 62.2 Å².